The summed E-state index contributed by atoms with van der Waals surface area (Å²) in [5, 5.41) is 6.96. The zero-order chi connectivity index (χ0) is 12.7. The van der Waals surface area contributed by atoms with Gasteiger partial charge in [0.05, 0.1) is 0 Å². The van der Waals surface area contributed by atoms with Crippen LogP contribution >= 0.6 is 0 Å². The lowest BCUT2D eigenvalue weighted by molar-refractivity contribution is 0.491. The normalized spacial score (nSPS) is 18.3. The summed E-state index contributed by atoms with van der Waals surface area (Å²) in [4.78, 5) is 4.48. The first kappa shape index (κ1) is 14.3. The third-order valence-corrected chi connectivity index (χ3v) is 3.04. The van der Waals surface area contributed by atoms with Gasteiger partial charge in [-0.2, -0.15) is 0 Å². The molecule has 0 aliphatic heterocycles. The average molecular weight is 239 g/mol. The quantitative estimate of drug-likeness (QED) is 0.529. The molecule has 0 aromatic carbocycles. The first-order valence-electron chi connectivity index (χ1n) is 7.19. The second-order valence-electron chi connectivity index (χ2n) is 5.61. The van der Waals surface area contributed by atoms with Crippen molar-refractivity contribution in [1.29, 1.82) is 0 Å². The molecular weight excluding hydrogens is 210 g/mol. The Balaban J connectivity index is 2.20. The topological polar surface area (TPSA) is 36.4 Å². The maximum Gasteiger partial charge on any atom is 0.191 e. The van der Waals surface area contributed by atoms with Crippen LogP contribution in [0, 0.1) is 5.92 Å². The molecule has 100 valence electrons. The van der Waals surface area contributed by atoms with E-state index >= 15 is 0 Å². The van der Waals surface area contributed by atoms with Crippen LogP contribution in [0.15, 0.2) is 4.99 Å². The summed E-state index contributed by atoms with van der Waals surface area (Å²) >= 11 is 0. The van der Waals surface area contributed by atoms with Crippen LogP contribution in [0.1, 0.15) is 59.8 Å². The van der Waals surface area contributed by atoms with Gasteiger partial charge in [-0.15, -0.1) is 0 Å². The van der Waals surface area contributed by atoms with Gasteiger partial charge in [0.2, 0.25) is 0 Å². The van der Waals surface area contributed by atoms with Crippen LogP contribution in [0.3, 0.4) is 0 Å². The average Bonchev–Trinajstić information content (AvgIpc) is 3.01. The van der Waals surface area contributed by atoms with E-state index in [4.69, 9.17) is 0 Å². The van der Waals surface area contributed by atoms with Gasteiger partial charge in [0.1, 0.15) is 0 Å². The summed E-state index contributed by atoms with van der Waals surface area (Å²) in [6, 6.07) is 1.20. The number of aliphatic imine (C=N–C) groups is 1. The maximum atomic E-state index is 4.48. The first-order valence-corrected chi connectivity index (χ1v) is 7.19. The van der Waals surface area contributed by atoms with Crippen molar-refractivity contribution >= 4 is 5.96 Å². The molecule has 0 aromatic rings. The summed E-state index contributed by atoms with van der Waals surface area (Å²) in [7, 11) is 0. The standard InChI is InChI=1S/C14H29N3/c1-5-15-14(17-13-9-10-13)16-12(4)8-6-7-11(2)3/h11-13H,5-10H2,1-4H3,(H2,15,16,17). The first-order chi connectivity index (χ1) is 8.11. The highest BCUT2D eigenvalue weighted by Gasteiger charge is 2.22. The monoisotopic (exact) mass is 239 g/mol. The van der Waals surface area contributed by atoms with Crippen molar-refractivity contribution in [3.63, 3.8) is 0 Å². The Morgan fingerprint density at radius 3 is 2.47 bits per heavy atom. The van der Waals surface area contributed by atoms with Crippen molar-refractivity contribution in [2.24, 2.45) is 10.9 Å². The van der Waals surface area contributed by atoms with Crippen molar-refractivity contribution in [3.05, 3.63) is 0 Å². The lowest BCUT2D eigenvalue weighted by Gasteiger charge is -2.18. The van der Waals surface area contributed by atoms with Gasteiger partial charge in [-0.05, 0) is 39.0 Å². The lowest BCUT2D eigenvalue weighted by atomic mass is 10.0. The van der Waals surface area contributed by atoms with Crippen molar-refractivity contribution in [3.8, 4) is 0 Å². The number of rotatable bonds is 7. The highest BCUT2D eigenvalue weighted by molar-refractivity contribution is 5.80. The minimum Gasteiger partial charge on any atom is -0.354 e. The van der Waals surface area contributed by atoms with Crippen LogP contribution in [-0.4, -0.2) is 24.6 Å². The SMILES string of the molecule is CCN=C(NC(C)CCCC(C)C)NC1CC1. The summed E-state index contributed by atoms with van der Waals surface area (Å²) in [6.45, 7) is 9.76. The zero-order valence-corrected chi connectivity index (χ0v) is 11.9. The number of nitrogens with one attached hydrogen (secondary N) is 2. The Morgan fingerprint density at radius 2 is 1.94 bits per heavy atom. The molecule has 3 heteroatoms. The molecule has 1 aliphatic carbocycles. The Kier molecular flexibility index (Phi) is 6.38. The fourth-order valence-electron chi connectivity index (χ4n) is 1.85. The molecule has 1 unspecified atom stereocenters. The second-order valence-corrected chi connectivity index (χ2v) is 5.61. The van der Waals surface area contributed by atoms with Crippen LogP contribution < -0.4 is 10.6 Å². The van der Waals surface area contributed by atoms with E-state index < -0.39 is 0 Å². The fourth-order valence-corrected chi connectivity index (χ4v) is 1.85. The highest BCUT2D eigenvalue weighted by Crippen LogP contribution is 2.18. The van der Waals surface area contributed by atoms with Crippen molar-refractivity contribution in [2.45, 2.75) is 71.9 Å². The van der Waals surface area contributed by atoms with Gasteiger partial charge in [0.25, 0.3) is 0 Å². The second kappa shape index (κ2) is 7.57. The molecule has 1 saturated carbocycles. The van der Waals surface area contributed by atoms with Gasteiger partial charge in [0.15, 0.2) is 5.96 Å². The van der Waals surface area contributed by atoms with E-state index in [0.717, 1.165) is 18.4 Å². The van der Waals surface area contributed by atoms with Crippen molar-refractivity contribution in [2.75, 3.05) is 6.54 Å². The third-order valence-electron chi connectivity index (χ3n) is 3.04. The van der Waals surface area contributed by atoms with E-state index in [1.165, 1.54) is 32.1 Å². The highest BCUT2D eigenvalue weighted by atomic mass is 15.2. The number of nitrogens with zero attached hydrogens (tertiary/aromatic N) is 1. The molecule has 1 atom stereocenters. The van der Waals surface area contributed by atoms with E-state index in [0.29, 0.717) is 12.1 Å². The van der Waals surface area contributed by atoms with E-state index in [-0.39, 0.29) is 0 Å². The largest absolute Gasteiger partial charge is 0.354 e. The van der Waals surface area contributed by atoms with E-state index in [1.807, 2.05) is 0 Å². The summed E-state index contributed by atoms with van der Waals surface area (Å²) in [5.41, 5.74) is 0. The molecule has 0 radical (unpaired) electrons. The van der Waals surface area contributed by atoms with Crippen LogP contribution in [0.25, 0.3) is 0 Å². The molecule has 0 saturated heterocycles. The van der Waals surface area contributed by atoms with Crippen LogP contribution in [-0.2, 0) is 0 Å². The summed E-state index contributed by atoms with van der Waals surface area (Å²) in [6.07, 6.45) is 6.45. The smallest absolute Gasteiger partial charge is 0.191 e. The molecular formula is C14H29N3. The van der Waals surface area contributed by atoms with Gasteiger partial charge in [-0.1, -0.05) is 26.7 Å². The minimum atomic E-state index is 0.519. The van der Waals surface area contributed by atoms with E-state index in [2.05, 4.69) is 43.3 Å². The molecule has 2 N–H and O–H groups in total. The molecule has 17 heavy (non-hydrogen) atoms. The Bertz CT molecular complexity index is 232. The summed E-state index contributed by atoms with van der Waals surface area (Å²) < 4.78 is 0. The zero-order valence-electron chi connectivity index (χ0n) is 11.9. The fraction of sp³-hybridized carbons (Fsp3) is 0.929. The molecule has 1 rings (SSSR count). The van der Waals surface area contributed by atoms with Crippen molar-refractivity contribution < 1.29 is 0 Å². The molecule has 0 amide bonds. The molecule has 0 bridgehead atoms. The van der Waals surface area contributed by atoms with Crippen LogP contribution in [0.2, 0.25) is 0 Å². The van der Waals surface area contributed by atoms with Gasteiger partial charge in [0, 0.05) is 18.6 Å². The number of hydrogen-bond donors (Lipinski definition) is 2. The van der Waals surface area contributed by atoms with Crippen molar-refractivity contribution in [1.82, 2.24) is 10.6 Å². The third kappa shape index (κ3) is 7.24. The predicted molar refractivity (Wildman–Crippen MR) is 75.4 cm³/mol. The van der Waals surface area contributed by atoms with Gasteiger partial charge in [-0.3, -0.25) is 4.99 Å². The van der Waals surface area contributed by atoms with Gasteiger partial charge in [-0.25, -0.2) is 0 Å². The lowest BCUT2D eigenvalue weighted by Crippen LogP contribution is -2.43. The molecule has 0 heterocycles. The Morgan fingerprint density at radius 1 is 1.24 bits per heavy atom. The van der Waals surface area contributed by atoms with Gasteiger partial charge >= 0.3 is 0 Å². The number of guanidine groups is 1. The maximum absolute atomic E-state index is 4.48. The van der Waals surface area contributed by atoms with Crippen LogP contribution in [0.5, 0.6) is 0 Å². The van der Waals surface area contributed by atoms with E-state index in [9.17, 15) is 0 Å². The molecule has 0 spiro atoms. The van der Waals surface area contributed by atoms with E-state index in [1.54, 1.807) is 0 Å². The predicted octanol–water partition coefficient (Wildman–Crippen LogP) is 2.92. The molecule has 0 aromatic heterocycles. The Hall–Kier alpha value is -0.730. The van der Waals surface area contributed by atoms with Gasteiger partial charge < -0.3 is 10.6 Å². The molecule has 3 nitrogen and oxygen atoms in total. The Labute approximate surface area is 106 Å². The minimum absolute atomic E-state index is 0.519. The van der Waals surface area contributed by atoms with Crippen LogP contribution in [0.4, 0.5) is 0 Å². The molecule has 1 fully saturated rings. The molecule has 1 aliphatic rings. The number of hydrogen-bond acceptors (Lipinski definition) is 1. The summed E-state index contributed by atoms with van der Waals surface area (Å²) in [5.74, 6) is 1.82.